The first-order valence-corrected chi connectivity index (χ1v) is 7.93. The minimum absolute atomic E-state index is 0.658. The van der Waals surface area contributed by atoms with Gasteiger partial charge < -0.3 is 10.1 Å². The van der Waals surface area contributed by atoms with E-state index in [2.05, 4.69) is 30.4 Å². The SMILES string of the molecule is CCNCc1cccc(Cl)c1Oc1ccc2c(c1)CCC2. The fourth-order valence-electron chi connectivity index (χ4n) is 2.80. The van der Waals surface area contributed by atoms with Gasteiger partial charge in [0.05, 0.1) is 5.02 Å². The lowest BCUT2D eigenvalue weighted by Crippen LogP contribution is -2.12. The molecule has 0 bridgehead atoms. The zero-order valence-electron chi connectivity index (χ0n) is 12.3. The minimum atomic E-state index is 0.658. The molecule has 0 saturated carbocycles. The first-order chi connectivity index (χ1) is 10.3. The molecule has 0 aromatic heterocycles. The molecule has 0 spiro atoms. The number of halogens is 1. The highest BCUT2D eigenvalue weighted by Gasteiger charge is 2.14. The van der Waals surface area contributed by atoms with Crippen LogP contribution in [0.1, 0.15) is 30.0 Å². The molecule has 0 radical (unpaired) electrons. The van der Waals surface area contributed by atoms with Crippen molar-refractivity contribution in [3.8, 4) is 11.5 Å². The molecular formula is C18H20ClNO. The zero-order chi connectivity index (χ0) is 14.7. The van der Waals surface area contributed by atoms with E-state index in [1.807, 2.05) is 18.2 Å². The van der Waals surface area contributed by atoms with Crippen LogP contribution in [0.2, 0.25) is 5.02 Å². The Labute approximate surface area is 131 Å². The van der Waals surface area contributed by atoms with Crippen LogP contribution in [0.25, 0.3) is 0 Å². The van der Waals surface area contributed by atoms with Crippen LogP contribution in [0, 0.1) is 0 Å². The van der Waals surface area contributed by atoms with Gasteiger partial charge in [-0.1, -0.05) is 36.7 Å². The summed E-state index contributed by atoms with van der Waals surface area (Å²) in [6, 6.07) is 12.3. The maximum atomic E-state index is 6.32. The Balaban J connectivity index is 1.87. The van der Waals surface area contributed by atoms with Gasteiger partial charge in [0.2, 0.25) is 0 Å². The Morgan fingerprint density at radius 3 is 2.86 bits per heavy atom. The molecule has 1 N–H and O–H groups in total. The smallest absolute Gasteiger partial charge is 0.150 e. The third-order valence-corrected chi connectivity index (χ3v) is 4.20. The lowest BCUT2D eigenvalue weighted by Gasteiger charge is -2.14. The number of ether oxygens (including phenoxy) is 1. The quantitative estimate of drug-likeness (QED) is 0.862. The largest absolute Gasteiger partial charge is 0.455 e. The second-order valence-corrected chi connectivity index (χ2v) is 5.80. The van der Waals surface area contributed by atoms with Crippen molar-refractivity contribution in [2.24, 2.45) is 0 Å². The first-order valence-electron chi connectivity index (χ1n) is 7.55. The number of para-hydroxylation sites is 1. The summed E-state index contributed by atoms with van der Waals surface area (Å²) in [5.74, 6) is 1.64. The molecule has 0 atom stereocenters. The Bertz CT molecular complexity index is 639. The molecule has 0 unspecified atom stereocenters. The molecule has 2 nitrogen and oxygen atoms in total. The van der Waals surface area contributed by atoms with Crippen molar-refractivity contribution < 1.29 is 4.74 Å². The summed E-state index contributed by atoms with van der Waals surface area (Å²) in [5, 5.41) is 3.98. The number of benzene rings is 2. The number of nitrogens with one attached hydrogen (secondary N) is 1. The number of fused-ring (bicyclic) bond motifs is 1. The molecule has 0 amide bonds. The van der Waals surface area contributed by atoms with E-state index in [-0.39, 0.29) is 0 Å². The fraction of sp³-hybridized carbons (Fsp3) is 0.333. The molecule has 2 aromatic carbocycles. The normalized spacial score (nSPS) is 13.2. The van der Waals surface area contributed by atoms with Crippen molar-refractivity contribution in [1.82, 2.24) is 5.32 Å². The molecule has 0 aliphatic heterocycles. The summed E-state index contributed by atoms with van der Waals surface area (Å²) < 4.78 is 6.09. The van der Waals surface area contributed by atoms with Crippen LogP contribution in [0.5, 0.6) is 11.5 Å². The Morgan fingerprint density at radius 1 is 1.14 bits per heavy atom. The van der Waals surface area contributed by atoms with E-state index in [9.17, 15) is 0 Å². The topological polar surface area (TPSA) is 21.3 Å². The Kier molecular flexibility index (Phi) is 4.47. The lowest BCUT2D eigenvalue weighted by molar-refractivity contribution is 0.473. The van der Waals surface area contributed by atoms with E-state index < -0.39 is 0 Å². The van der Waals surface area contributed by atoms with Gasteiger partial charge in [-0.2, -0.15) is 0 Å². The fourth-order valence-corrected chi connectivity index (χ4v) is 3.03. The maximum Gasteiger partial charge on any atom is 0.150 e. The van der Waals surface area contributed by atoms with Gasteiger partial charge in [0.1, 0.15) is 11.5 Å². The van der Waals surface area contributed by atoms with Gasteiger partial charge in [0.25, 0.3) is 0 Å². The summed E-state index contributed by atoms with van der Waals surface area (Å²) >= 11 is 6.32. The monoisotopic (exact) mass is 301 g/mol. The number of hydrogen-bond acceptors (Lipinski definition) is 2. The number of hydrogen-bond donors (Lipinski definition) is 1. The van der Waals surface area contributed by atoms with Crippen molar-refractivity contribution in [3.05, 3.63) is 58.1 Å². The summed E-state index contributed by atoms with van der Waals surface area (Å²) in [4.78, 5) is 0. The van der Waals surface area contributed by atoms with Crippen LogP contribution in [0.4, 0.5) is 0 Å². The molecule has 1 aliphatic carbocycles. The van der Waals surface area contributed by atoms with Crippen LogP contribution >= 0.6 is 11.6 Å². The number of rotatable bonds is 5. The standard InChI is InChI=1S/C18H20ClNO/c1-2-20-12-15-7-4-8-17(19)18(15)21-16-10-9-13-5-3-6-14(13)11-16/h4,7-11,20H,2-3,5-6,12H2,1H3. The summed E-state index contributed by atoms with van der Waals surface area (Å²) in [6.45, 7) is 3.77. The highest BCUT2D eigenvalue weighted by atomic mass is 35.5. The van der Waals surface area contributed by atoms with Crippen LogP contribution < -0.4 is 10.1 Å². The average molecular weight is 302 g/mol. The van der Waals surface area contributed by atoms with E-state index in [1.165, 1.54) is 24.0 Å². The van der Waals surface area contributed by atoms with E-state index >= 15 is 0 Å². The Hall–Kier alpha value is -1.51. The average Bonchev–Trinajstić information content (AvgIpc) is 2.95. The van der Waals surface area contributed by atoms with Crippen LogP contribution in [0.3, 0.4) is 0 Å². The highest BCUT2D eigenvalue weighted by Crippen LogP contribution is 2.35. The van der Waals surface area contributed by atoms with Crippen molar-refractivity contribution in [3.63, 3.8) is 0 Å². The van der Waals surface area contributed by atoms with Crippen molar-refractivity contribution >= 4 is 11.6 Å². The molecule has 21 heavy (non-hydrogen) atoms. The van der Waals surface area contributed by atoms with E-state index in [0.29, 0.717) is 5.02 Å². The summed E-state index contributed by atoms with van der Waals surface area (Å²) in [6.07, 6.45) is 3.59. The molecule has 3 rings (SSSR count). The minimum Gasteiger partial charge on any atom is -0.455 e. The van der Waals surface area contributed by atoms with Gasteiger partial charge in [0, 0.05) is 12.1 Å². The molecule has 0 heterocycles. The Morgan fingerprint density at radius 2 is 2.00 bits per heavy atom. The van der Waals surface area contributed by atoms with Crippen LogP contribution in [-0.4, -0.2) is 6.54 Å². The molecule has 0 saturated heterocycles. The summed E-state index contributed by atoms with van der Waals surface area (Å²) in [5.41, 5.74) is 3.95. The van der Waals surface area contributed by atoms with Gasteiger partial charge >= 0.3 is 0 Å². The van der Waals surface area contributed by atoms with Crippen LogP contribution in [0.15, 0.2) is 36.4 Å². The van der Waals surface area contributed by atoms with Crippen molar-refractivity contribution in [2.45, 2.75) is 32.7 Å². The highest BCUT2D eigenvalue weighted by molar-refractivity contribution is 6.32. The number of aryl methyl sites for hydroxylation is 2. The predicted molar refractivity (Wildman–Crippen MR) is 87.4 cm³/mol. The summed E-state index contributed by atoms with van der Waals surface area (Å²) in [7, 11) is 0. The molecule has 2 aromatic rings. The molecule has 0 fully saturated rings. The molecule has 110 valence electrons. The predicted octanol–water partition coefficient (Wildman–Crippen LogP) is 4.73. The lowest BCUT2D eigenvalue weighted by atomic mass is 10.1. The van der Waals surface area contributed by atoms with Gasteiger partial charge in [0.15, 0.2) is 0 Å². The molecular weight excluding hydrogens is 282 g/mol. The molecule has 1 aliphatic rings. The van der Waals surface area contributed by atoms with E-state index in [4.69, 9.17) is 16.3 Å². The van der Waals surface area contributed by atoms with E-state index in [1.54, 1.807) is 0 Å². The maximum absolute atomic E-state index is 6.32. The zero-order valence-corrected chi connectivity index (χ0v) is 13.0. The third-order valence-electron chi connectivity index (χ3n) is 3.90. The van der Waals surface area contributed by atoms with Gasteiger partial charge in [-0.25, -0.2) is 0 Å². The van der Waals surface area contributed by atoms with Gasteiger partial charge in [-0.05, 0) is 55.1 Å². The van der Waals surface area contributed by atoms with Gasteiger partial charge in [-0.15, -0.1) is 0 Å². The second-order valence-electron chi connectivity index (χ2n) is 5.39. The second kappa shape index (κ2) is 6.50. The first kappa shape index (κ1) is 14.4. The van der Waals surface area contributed by atoms with Crippen molar-refractivity contribution in [2.75, 3.05) is 6.54 Å². The van der Waals surface area contributed by atoms with Crippen LogP contribution in [-0.2, 0) is 19.4 Å². The molecule has 3 heteroatoms. The van der Waals surface area contributed by atoms with Crippen molar-refractivity contribution in [1.29, 1.82) is 0 Å². The third kappa shape index (κ3) is 3.22. The van der Waals surface area contributed by atoms with E-state index in [0.717, 1.165) is 36.6 Å². The van der Waals surface area contributed by atoms with Gasteiger partial charge in [-0.3, -0.25) is 0 Å².